The largest absolute Gasteiger partial charge is 0.320 e. The average molecular weight is 238 g/mol. The number of aryl methyl sites for hydroxylation is 1. The fraction of sp³-hybridized carbons (Fsp3) is 0.769. The molecule has 0 saturated carbocycles. The molecule has 0 unspecified atom stereocenters. The lowest BCUT2D eigenvalue weighted by molar-refractivity contribution is 0.316. The number of nitrogens with zero attached hydrogens (tertiary/aromatic N) is 3. The highest BCUT2D eigenvalue weighted by Gasteiger charge is 2.01. The maximum atomic E-state index is 4.18. The van der Waals surface area contributed by atoms with E-state index in [0.29, 0.717) is 0 Å². The maximum Gasteiger partial charge on any atom is 0.0534 e. The zero-order valence-electron chi connectivity index (χ0n) is 11.4. The van der Waals surface area contributed by atoms with E-state index in [0.717, 1.165) is 13.1 Å². The van der Waals surface area contributed by atoms with Crippen molar-refractivity contribution in [3.05, 3.63) is 18.0 Å². The van der Waals surface area contributed by atoms with Crippen LogP contribution in [0.25, 0.3) is 0 Å². The van der Waals surface area contributed by atoms with Crippen LogP contribution in [0.3, 0.4) is 0 Å². The normalized spacial score (nSPS) is 11.3. The number of hydrogen-bond donors (Lipinski definition) is 1. The molecule has 0 aliphatic heterocycles. The third-order valence-electron chi connectivity index (χ3n) is 2.93. The van der Waals surface area contributed by atoms with Gasteiger partial charge >= 0.3 is 0 Å². The highest BCUT2D eigenvalue weighted by atomic mass is 15.2. The van der Waals surface area contributed by atoms with Crippen molar-refractivity contribution in [1.29, 1.82) is 0 Å². The lowest BCUT2D eigenvalue weighted by atomic mass is 10.2. The summed E-state index contributed by atoms with van der Waals surface area (Å²) in [6.07, 6.45) is 9.29. The molecule has 0 amide bonds. The van der Waals surface area contributed by atoms with E-state index in [9.17, 15) is 0 Å². The van der Waals surface area contributed by atoms with Crippen molar-refractivity contribution in [3.63, 3.8) is 0 Å². The van der Waals surface area contributed by atoms with Crippen LogP contribution in [-0.4, -0.2) is 41.9 Å². The van der Waals surface area contributed by atoms with Crippen LogP contribution in [0.15, 0.2) is 12.4 Å². The molecule has 0 aliphatic carbocycles. The van der Waals surface area contributed by atoms with Gasteiger partial charge in [-0.15, -0.1) is 0 Å². The standard InChI is InChI=1S/C13H26N4/c1-14-8-6-4-5-7-9-16(2)11-13-10-15-17(3)12-13/h10,12,14H,4-9,11H2,1-3H3. The maximum absolute atomic E-state index is 4.18. The van der Waals surface area contributed by atoms with Crippen LogP contribution < -0.4 is 5.32 Å². The Morgan fingerprint density at radius 1 is 1.29 bits per heavy atom. The van der Waals surface area contributed by atoms with Gasteiger partial charge in [0.25, 0.3) is 0 Å². The van der Waals surface area contributed by atoms with E-state index in [1.54, 1.807) is 0 Å². The molecule has 4 heteroatoms. The topological polar surface area (TPSA) is 33.1 Å². The van der Waals surface area contributed by atoms with E-state index in [-0.39, 0.29) is 0 Å². The first kappa shape index (κ1) is 14.2. The molecule has 1 N–H and O–H groups in total. The SMILES string of the molecule is CNCCCCCCN(C)Cc1cnn(C)c1. The monoisotopic (exact) mass is 238 g/mol. The van der Waals surface area contributed by atoms with Crippen molar-refractivity contribution in [2.75, 3.05) is 27.2 Å². The first-order valence-corrected chi connectivity index (χ1v) is 6.53. The molecule has 4 nitrogen and oxygen atoms in total. The van der Waals surface area contributed by atoms with Gasteiger partial charge in [-0.1, -0.05) is 12.8 Å². The van der Waals surface area contributed by atoms with Crippen LogP contribution in [0.5, 0.6) is 0 Å². The molecular weight excluding hydrogens is 212 g/mol. The fourth-order valence-electron chi connectivity index (χ4n) is 1.98. The van der Waals surface area contributed by atoms with Gasteiger partial charge in [-0.25, -0.2) is 0 Å². The second-order valence-electron chi connectivity index (χ2n) is 4.78. The summed E-state index contributed by atoms with van der Waals surface area (Å²) in [6.45, 7) is 3.32. The lowest BCUT2D eigenvalue weighted by Gasteiger charge is -2.15. The quantitative estimate of drug-likeness (QED) is 0.664. The first-order valence-electron chi connectivity index (χ1n) is 6.53. The van der Waals surface area contributed by atoms with E-state index < -0.39 is 0 Å². The molecule has 0 spiro atoms. The molecule has 0 saturated heterocycles. The number of hydrogen-bond acceptors (Lipinski definition) is 3. The van der Waals surface area contributed by atoms with Crippen molar-refractivity contribution in [2.45, 2.75) is 32.2 Å². The van der Waals surface area contributed by atoms with Crippen molar-refractivity contribution in [3.8, 4) is 0 Å². The Hall–Kier alpha value is -0.870. The first-order chi connectivity index (χ1) is 8.22. The molecule has 0 bridgehead atoms. The molecule has 0 aliphatic rings. The summed E-state index contributed by atoms with van der Waals surface area (Å²) in [4.78, 5) is 2.37. The second-order valence-corrected chi connectivity index (χ2v) is 4.78. The molecule has 1 heterocycles. The molecular formula is C13H26N4. The van der Waals surface area contributed by atoms with Gasteiger partial charge in [0.05, 0.1) is 6.20 Å². The van der Waals surface area contributed by atoms with Crippen LogP contribution in [0, 0.1) is 0 Å². The van der Waals surface area contributed by atoms with Gasteiger partial charge in [0.2, 0.25) is 0 Å². The average Bonchev–Trinajstić information content (AvgIpc) is 2.69. The van der Waals surface area contributed by atoms with Gasteiger partial charge in [0.15, 0.2) is 0 Å². The highest BCUT2D eigenvalue weighted by molar-refractivity contribution is 5.02. The van der Waals surface area contributed by atoms with Crippen LogP contribution in [0.1, 0.15) is 31.2 Å². The fourth-order valence-corrected chi connectivity index (χ4v) is 1.98. The molecule has 0 atom stereocenters. The molecule has 1 aromatic heterocycles. The zero-order chi connectivity index (χ0) is 12.5. The van der Waals surface area contributed by atoms with Crippen molar-refractivity contribution < 1.29 is 0 Å². The van der Waals surface area contributed by atoms with E-state index >= 15 is 0 Å². The second kappa shape index (κ2) is 8.25. The van der Waals surface area contributed by atoms with Gasteiger partial charge in [-0.2, -0.15) is 5.10 Å². The Kier molecular flexibility index (Phi) is 6.89. The minimum absolute atomic E-state index is 1.00. The summed E-state index contributed by atoms with van der Waals surface area (Å²) in [5.41, 5.74) is 1.30. The number of rotatable bonds is 9. The third-order valence-corrected chi connectivity index (χ3v) is 2.93. The van der Waals surface area contributed by atoms with Gasteiger partial charge in [0, 0.05) is 25.4 Å². The van der Waals surface area contributed by atoms with Crippen molar-refractivity contribution in [1.82, 2.24) is 20.0 Å². The predicted octanol–water partition coefficient (Wildman–Crippen LogP) is 1.63. The Morgan fingerprint density at radius 3 is 2.71 bits per heavy atom. The Bertz CT molecular complexity index is 295. The minimum atomic E-state index is 1.00. The van der Waals surface area contributed by atoms with Crippen LogP contribution in [0.2, 0.25) is 0 Å². The number of unbranched alkanes of at least 4 members (excludes halogenated alkanes) is 3. The lowest BCUT2D eigenvalue weighted by Crippen LogP contribution is -2.18. The van der Waals surface area contributed by atoms with Gasteiger partial charge in [-0.05, 0) is 40.0 Å². The number of nitrogens with one attached hydrogen (secondary N) is 1. The van der Waals surface area contributed by atoms with Crippen molar-refractivity contribution in [2.24, 2.45) is 7.05 Å². The van der Waals surface area contributed by atoms with E-state index in [4.69, 9.17) is 0 Å². The summed E-state index contributed by atoms with van der Waals surface area (Å²) in [7, 11) is 6.16. The van der Waals surface area contributed by atoms with E-state index in [1.807, 2.05) is 25.0 Å². The molecule has 0 fully saturated rings. The zero-order valence-corrected chi connectivity index (χ0v) is 11.4. The summed E-state index contributed by atoms with van der Waals surface area (Å²) >= 11 is 0. The van der Waals surface area contributed by atoms with Gasteiger partial charge in [0.1, 0.15) is 0 Å². The van der Waals surface area contributed by atoms with Gasteiger partial charge in [-0.3, -0.25) is 4.68 Å². The Balaban J connectivity index is 2.03. The highest BCUT2D eigenvalue weighted by Crippen LogP contribution is 2.04. The minimum Gasteiger partial charge on any atom is -0.320 e. The van der Waals surface area contributed by atoms with E-state index in [1.165, 1.54) is 37.8 Å². The summed E-state index contributed by atoms with van der Waals surface area (Å²) < 4.78 is 1.86. The van der Waals surface area contributed by atoms with Crippen molar-refractivity contribution >= 4 is 0 Å². The van der Waals surface area contributed by atoms with Crippen LogP contribution >= 0.6 is 0 Å². The van der Waals surface area contributed by atoms with Crippen LogP contribution in [-0.2, 0) is 13.6 Å². The molecule has 17 heavy (non-hydrogen) atoms. The summed E-state index contributed by atoms with van der Waals surface area (Å²) in [5, 5.41) is 7.37. The predicted molar refractivity (Wildman–Crippen MR) is 71.9 cm³/mol. The smallest absolute Gasteiger partial charge is 0.0534 e. The molecule has 1 aromatic rings. The Labute approximate surface area is 105 Å². The third kappa shape index (κ3) is 6.44. The Morgan fingerprint density at radius 2 is 2.06 bits per heavy atom. The molecule has 1 rings (SSSR count). The van der Waals surface area contributed by atoms with Gasteiger partial charge < -0.3 is 10.2 Å². The van der Waals surface area contributed by atoms with E-state index in [2.05, 4.69) is 28.6 Å². The number of aromatic nitrogens is 2. The summed E-state index contributed by atoms with van der Waals surface area (Å²) in [6, 6.07) is 0. The van der Waals surface area contributed by atoms with Crippen LogP contribution in [0.4, 0.5) is 0 Å². The molecule has 0 radical (unpaired) electrons. The molecule has 98 valence electrons. The summed E-state index contributed by atoms with van der Waals surface area (Å²) in [5.74, 6) is 0. The molecule has 0 aromatic carbocycles.